The Labute approximate surface area is 142 Å². The van der Waals surface area contributed by atoms with E-state index >= 15 is 0 Å². The molecule has 0 heterocycles. The zero-order valence-corrected chi connectivity index (χ0v) is 14.6. The molecule has 2 aromatic rings. The van der Waals surface area contributed by atoms with Gasteiger partial charge in [-0.1, -0.05) is 35.9 Å². The molecule has 0 aliphatic rings. The van der Waals surface area contributed by atoms with E-state index in [1.165, 1.54) is 0 Å². The minimum atomic E-state index is 0.0512. The van der Waals surface area contributed by atoms with Crippen LogP contribution in [0.15, 0.2) is 42.5 Å². The molecule has 0 aliphatic heterocycles. The number of amides is 1. The molecule has 0 atom stereocenters. The molecule has 0 unspecified atom stereocenters. The summed E-state index contributed by atoms with van der Waals surface area (Å²) < 4.78 is 5.74. The number of rotatable bonds is 6. The van der Waals surface area contributed by atoms with Crippen molar-refractivity contribution < 1.29 is 9.53 Å². The van der Waals surface area contributed by atoms with Gasteiger partial charge in [0, 0.05) is 18.6 Å². The van der Waals surface area contributed by atoms with E-state index in [0.29, 0.717) is 24.6 Å². The van der Waals surface area contributed by atoms with Crippen LogP contribution in [-0.4, -0.2) is 24.5 Å². The fourth-order valence-corrected chi connectivity index (χ4v) is 2.51. The Hall–Kier alpha value is -2.00. The van der Waals surface area contributed by atoms with Crippen LogP contribution in [0.1, 0.15) is 23.1 Å². The molecule has 122 valence electrons. The number of nitrogens with zero attached hydrogens (tertiary/aromatic N) is 1. The molecule has 23 heavy (non-hydrogen) atoms. The third-order valence-corrected chi connectivity index (χ3v) is 3.89. The third kappa shape index (κ3) is 5.29. The van der Waals surface area contributed by atoms with Crippen molar-refractivity contribution in [3.05, 3.63) is 64.2 Å². The summed E-state index contributed by atoms with van der Waals surface area (Å²) in [6.45, 7) is 4.95. The standard InChI is InChI=1S/C19H22ClNO2/c1-14-7-8-15(2)18(11-14)23-10-9-19(22)21(3)13-16-5-4-6-17(20)12-16/h4-8,11-12H,9-10,13H2,1-3H3. The number of ether oxygens (including phenoxy) is 1. The van der Waals surface area contributed by atoms with Crippen molar-refractivity contribution in [2.24, 2.45) is 0 Å². The summed E-state index contributed by atoms with van der Waals surface area (Å²) in [5, 5.41) is 0.682. The van der Waals surface area contributed by atoms with Crippen molar-refractivity contribution in [3.8, 4) is 5.75 Å². The van der Waals surface area contributed by atoms with Gasteiger partial charge in [-0.2, -0.15) is 0 Å². The van der Waals surface area contributed by atoms with Gasteiger partial charge in [0.25, 0.3) is 0 Å². The fraction of sp³-hybridized carbons (Fsp3) is 0.316. The van der Waals surface area contributed by atoms with Crippen molar-refractivity contribution >= 4 is 17.5 Å². The molecule has 0 bridgehead atoms. The van der Waals surface area contributed by atoms with Crippen LogP contribution < -0.4 is 4.74 Å². The van der Waals surface area contributed by atoms with Crippen LogP contribution in [0.3, 0.4) is 0 Å². The van der Waals surface area contributed by atoms with Crippen LogP contribution in [0.2, 0.25) is 5.02 Å². The van der Waals surface area contributed by atoms with E-state index in [9.17, 15) is 4.79 Å². The monoisotopic (exact) mass is 331 g/mol. The maximum absolute atomic E-state index is 12.2. The van der Waals surface area contributed by atoms with Crippen molar-refractivity contribution in [3.63, 3.8) is 0 Å². The SMILES string of the molecule is Cc1ccc(C)c(OCCC(=O)N(C)Cc2cccc(Cl)c2)c1. The second kappa shape index (κ2) is 8.02. The van der Waals surface area contributed by atoms with Gasteiger partial charge in [0.05, 0.1) is 13.0 Å². The smallest absolute Gasteiger partial charge is 0.226 e. The second-order valence-electron chi connectivity index (χ2n) is 5.75. The van der Waals surface area contributed by atoms with Crippen molar-refractivity contribution in [1.29, 1.82) is 0 Å². The molecule has 0 fully saturated rings. The Bertz CT molecular complexity index is 685. The van der Waals surface area contributed by atoms with Crippen LogP contribution in [0.25, 0.3) is 0 Å². The minimum Gasteiger partial charge on any atom is -0.493 e. The van der Waals surface area contributed by atoms with E-state index < -0.39 is 0 Å². The lowest BCUT2D eigenvalue weighted by Crippen LogP contribution is -2.27. The molecule has 0 saturated carbocycles. The maximum atomic E-state index is 12.2. The minimum absolute atomic E-state index is 0.0512. The first-order valence-corrected chi connectivity index (χ1v) is 8.02. The van der Waals surface area contributed by atoms with Gasteiger partial charge >= 0.3 is 0 Å². The molecule has 1 amide bonds. The van der Waals surface area contributed by atoms with Gasteiger partial charge in [-0.15, -0.1) is 0 Å². The average molecular weight is 332 g/mol. The molecule has 0 saturated heterocycles. The Morgan fingerprint density at radius 1 is 1.17 bits per heavy atom. The molecule has 0 spiro atoms. The van der Waals surface area contributed by atoms with E-state index in [1.54, 1.807) is 11.9 Å². The first-order chi connectivity index (χ1) is 11.0. The number of benzene rings is 2. The Balaban J connectivity index is 1.83. The number of carbonyl (C=O) groups excluding carboxylic acids is 1. The fourth-order valence-electron chi connectivity index (χ4n) is 2.30. The quantitative estimate of drug-likeness (QED) is 0.786. The van der Waals surface area contributed by atoms with Crippen LogP contribution >= 0.6 is 11.6 Å². The second-order valence-corrected chi connectivity index (χ2v) is 6.18. The third-order valence-electron chi connectivity index (χ3n) is 3.65. The predicted molar refractivity (Wildman–Crippen MR) is 94.0 cm³/mol. The predicted octanol–water partition coefficient (Wildman–Crippen LogP) is 4.38. The van der Waals surface area contributed by atoms with E-state index in [0.717, 1.165) is 22.4 Å². The summed E-state index contributed by atoms with van der Waals surface area (Å²) in [4.78, 5) is 13.9. The lowest BCUT2D eigenvalue weighted by molar-refractivity contribution is -0.130. The lowest BCUT2D eigenvalue weighted by Gasteiger charge is -2.18. The molecular weight excluding hydrogens is 310 g/mol. The molecule has 0 N–H and O–H groups in total. The number of hydrogen-bond acceptors (Lipinski definition) is 2. The Morgan fingerprint density at radius 3 is 2.70 bits per heavy atom. The van der Waals surface area contributed by atoms with Gasteiger partial charge in [-0.25, -0.2) is 0 Å². The van der Waals surface area contributed by atoms with Gasteiger partial charge in [-0.05, 0) is 48.7 Å². The first kappa shape index (κ1) is 17.4. The molecular formula is C19H22ClNO2. The van der Waals surface area contributed by atoms with Crippen LogP contribution in [-0.2, 0) is 11.3 Å². The highest BCUT2D eigenvalue weighted by molar-refractivity contribution is 6.30. The summed E-state index contributed by atoms with van der Waals surface area (Å²) in [5.74, 6) is 0.894. The summed E-state index contributed by atoms with van der Waals surface area (Å²) in [5.41, 5.74) is 3.24. The molecule has 2 rings (SSSR count). The van der Waals surface area contributed by atoms with Crippen molar-refractivity contribution in [1.82, 2.24) is 4.90 Å². The molecule has 0 radical (unpaired) electrons. The number of aryl methyl sites for hydroxylation is 2. The van der Waals surface area contributed by atoms with Crippen molar-refractivity contribution in [2.75, 3.05) is 13.7 Å². The molecule has 0 aromatic heterocycles. The average Bonchev–Trinajstić information content (AvgIpc) is 2.50. The van der Waals surface area contributed by atoms with Gasteiger partial charge in [0.1, 0.15) is 5.75 Å². The zero-order chi connectivity index (χ0) is 16.8. The topological polar surface area (TPSA) is 29.5 Å². The van der Waals surface area contributed by atoms with Gasteiger partial charge in [-0.3, -0.25) is 4.79 Å². The number of halogens is 1. The van der Waals surface area contributed by atoms with Crippen LogP contribution in [0, 0.1) is 13.8 Å². The van der Waals surface area contributed by atoms with E-state index in [2.05, 4.69) is 0 Å². The molecule has 4 heteroatoms. The van der Waals surface area contributed by atoms with Crippen LogP contribution in [0.4, 0.5) is 0 Å². The van der Waals surface area contributed by atoms with Crippen LogP contribution in [0.5, 0.6) is 5.75 Å². The molecule has 0 aliphatic carbocycles. The number of hydrogen-bond donors (Lipinski definition) is 0. The van der Waals surface area contributed by atoms with E-state index in [-0.39, 0.29) is 5.91 Å². The first-order valence-electron chi connectivity index (χ1n) is 7.64. The maximum Gasteiger partial charge on any atom is 0.226 e. The largest absolute Gasteiger partial charge is 0.493 e. The van der Waals surface area contributed by atoms with Gasteiger partial charge < -0.3 is 9.64 Å². The highest BCUT2D eigenvalue weighted by atomic mass is 35.5. The zero-order valence-electron chi connectivity index (χ0n) is 13.8. The lowest BCUT2D eigenvalue weighted by atomic mass is 10.1. The molecule has 3 nitrogen and oxygen atoms in total. The number of carbonyl (C=O) groups is 1. The Morgan fingerprint density at radius 2 is 1.96 bits per heavy atom. The highest BCUT2D eigenvalue weighted by Crippen LogP contribution is 2.19. The van der Waals surface area contributed by atoms with E-state index in [4.69, 9.17) is 16.3 Å². The van der Waals surface area contributed by atoms with E-state index in [1.807, 2.05) is 56.3 Å². The van der Waals surface area contributed by atoms with Crippen molar-refractivity contribution in [2.45, 2.75) is 26.8 Å². The summed E-state index contributed by atoms with van der Waals surface area (Å²) in [6.07, 6.45) is 0.352. The summed E-state index contributed by atoms with van der Waals surface area (Å²) in [6, 6.07) is 13.6. The van der Waals surface area contributed by atoms with Gasteiger partial charge in [0.15, 0.2) is 0 Å². The van der Waals surface area contributed by atoms with Gasteiger partial charge in [0.2, 0.25) is 5.91 Å². The normalized spacial score (nSPS) is 10.4. The Kier molecular flexibility index (Phi) is 6.05. The molecule has 2 aromatic carbocycles. The summed E-state index contributed by atoms with van der Waals surface area (Å²) >= 11 is 5.96. The highest BCUT2D eigenvalue weighted by Gasteiger charge is 2.10. The summed E-state index contributed by atoms with van der Waals surface area (Å²) in [7, 11) is 1.79.